The molecule has 0 radical (unpaired) electrons. The van der Waals surface area contributed by atoms with Crippen LogP contribution in [0.4, 0.5) is 13.2 Å². The number of hydrogen-bond donors (Lipinski definition) is 1. The molecule has 2 aromatic carbocycles. The number of carbonyl (C=O) groups excluding carboxylic acids is 1. The molecule has 1 atom stereocenters. The van der Waals surface area contributed by atoms with Gasteiger partial charge in [-0.1, -0.05) is 35.9 Å². The third-order valence-corrected chi connectivity index (χ3v) is 4.75. The summed E-state index contributed by atoms with van der Waals surface area (Å²) in [4.78, 5) is 24.7. The first kappa shape index (κ1) is 23.1. The molecule has 9 heteroatoms. The average molecular weight is 445 g/mol. The van der Waals surface area contributed by atoms with Gasteiger partial charge in [-0.25, -0.2) is 4.68 Å². The van der Waals surface area contributed by atoms with E-state index in [-0.39, 0.29) is 18.9 Å². The van der Waals surface area contributed by atoms with E-state index in [1.54, 1.807) is 6.07 Å². The molecular weight excluding hydrogens is 423 g/mol. The monoisotopic (exact) mass is 445 g/mol. The number of halogens is 3. The highest BCUT2D eigenvalue weighted by atomic mass is 19.4. The van der Waals surface area contributed by atoms with Crippen molar-refractivity contribution in [2.75, 3.05) is 13.2 Å². The van der Waals surface area contributed by atoms with Crippen molar-refractivity contribution >= 4 is 5.91 Å². The lowest BCUT2D eigenvalue weighted by Gasteiger charge is -2.15. The zero-order chi connectivity index (χ0) is 23.3. The topological polar surface area (TPSA) is 73.2 Å². The molecule has 168 valence electrons. The Hall–Kier alpha value is -3.62. The predicted octanol–water partition coefficient (Wildman–Crippen LogP) is 3.99. The van der Waals surface area contributed by atoms with Crippen LogP contribution in [-0.2, 0) is 11.0 Å². The summed E-state index contributed by atoms with van der Waals surface area (Å²) in [5.74, 6) is -0.417. The number of nitrogens with zero attached hydrogens (tertiary/aromatic N) is 2. The standard InChI is InChI=1S/C23H22F3N3O3/c1-15-6-8-17(9-7-15)20-10-11-21(30)29(28-20)16(2)22(31)27-12-13-32-19-5-3-4-18(14-19)23(24,25)26/h3-11,14,16H,12-13H2,1-2H3,(H,27,31). The Kier molecular flexibility index (Phi) is 6.97. The number of hydrogen-bond acceptors (Lipinski definition) is 4. The molecule has 0 aliphatic heterocycles. The predicted molar refractivity (Wildman–Crippen MR) is 113 cm³/mol. The molecule has 0 spiro atoms. The molecule has 1 amide bonds. The molecule has 0 bridgehead atoms. The van der Waals surface area contributed by atoms with E-state index >= 15 is 0 Å². The summed E-state index contributed by atoms with van der Waals surface area (Å²) in [7, 11) is 0. The highest BCUT2D eigenvalue weighted by Gasteiger charge is 2.30. The Morgan fingerprint density at radius 3 is 2.53 bits per heavy atom. The van der Waals surface area contributed by atoms with Gasteiger partial charge in [-0.05, 0) is 38.1 Å². The van der Waals surface area contributed by atoms with E-state index in [1.807, 2.05) is 31.2 Å². The first-order valence-corrected chi connectivity index (χ1v) is 9.90. The van der Waals surface area contributed by atoms with E-state index in [2.05, 4.69) is 10.4 Å². The van der Waals surface area contributed by atoms with Crippen LogP contribution in [0.5, 0.6) is 5.75 Å². The van der Waals surface area contributed by atoms with Crippen LogP contribution in [0.1, 0.15) is 24.1 Å². The van der Waals surface area contributed by atoms with Gasteiger partial charge < -0.3 is 10.1 Å². The smallest absolute Gasteiger partial charge is 0.416 e. The third-order valence-electron chi connectivity index (χ3n) is 4.75. The fourth-order valence-corrected chi connectivity index (χ4v) is 2.95. The van der Waals surface area contributed by atoms with Crippen molar-refractivity contribution in [3.05, 3.63) is 82.1 Å². The number of alkyl halides is 3. The summed E-state index contributed by atoms with van der Waals surface area (Å²) in [6, 6.07) is 14.2. The molecule has 6 nitrogen and oxygen atoms in total. The normalized spacial score (nSPS) is 12.3. The quantitative estimate of drug-likeness (QED) is 0.558. The highest BCUT2D eigenvalue weighted by molar-refractivity contribution is 5.79. The average Bonchev–Trinajstić information content (AvgIpc) is 2.76. The van der Waals surface area contributed by atoms with Crippen molar-refractivity contribution in [2.45, 2.75) is 26.1 Å². The van der Waals surface area contributed by atoms with Crippen molar-refractivity contribution in [1.82, 2.24) is 15.1 Å². The van der Waals surface area contributed by atoms with Crippen molar-refractivity contribution in [3.63, 3.8) is 0 Å². The fraction of sp³-hybridized carbons (Fsp3) is 0.261. The Bertz CT molecular complexity index is 1140. The molecule has 32 heavy (non-hydrogen) atoms. The van der Waals surface area contributed by atoms with E-state index in [9.17, 15) is 22.8 Å². The largest absolute Gasteiger partial charge is 0.492 e. The van der Waals surface area contributed by atoms with Crippen LogP contribution < -0.4 is 15.6 Å². The number of amides is 1. The maximum absolute atomic E-state index is 12.8. The minimum absolute atomic E-state index is 0.0362. The number of carbonyl (C=O) groups is 1. The minimum atomic E-state index is -4.46. The van der Waals surface area contributed by atoms with Gasteiger partial charge in [-0.15, -0.1) is 0 Å². The number of aromatic nitrogens is 2. The number of ether oxygens (including phenoxy) is 1. The summed E-state index contributed by atoms with van der Waals surface area (Å²) in [6.45, 7) is 3.51. The summed E-state index contributed by atoms with van der Waals surface area (Å²) in [5, 5.41) is 6.91. The lowest BCUT2D eigenvalue weighted by atomic mass is 10.1. The molecule has 0 aliphatic rings. The summed E-state index contributed by atoms with van der Waals surface area (Å²) in [6.07, 6.45) is -4.46. The minimum Gasteiger partial charge on any atom is -0.492 e. The van der Waals surface area contributed by atoms with E-state index in [0.29, 0.717) is 5.69 Å². The molecule has 1 heterocycles. The maximum Gasteiger partial charge on any atom is 0.416 e. The van der Waals surface area contributed by atoms with Crippen LogP contribution in [-0.4, -0.2) is 28.8 Å². The lowest BCUT2D eigenvalue weighted by Crippen LogP contribution is -2.38. The summed E-state index contributed by atoms with van der Waals surface area (Å²) in [5.41, 5.74) is 1.21. The van der Waals surface area contributed by atoms with Gasteiger partial charge in [0.1, 0.15) is 18.4 Å². The fourth-order valence-electron chi connectivity index (χ4n) is 2.95. The van der Waals surface area contributed by atoms with Gasteiger partial charge in [-0.2, -0.15) is 18.3 Å². The Morgan fingerprint density at radius 2 is 1.84 bits per heavy atom. The van der Waals surface area contributed by atoms with Crippen LogP contribution in [0.3, 0.4) is 0 Å². The van der Waals surface area contributed by atoms with Crippen molar-refractivity contribution in [1.29, 1.82) is 0 Å². The number of rotatable bonds is 7. The summed E-state index contributed by atoms with van der Waals surface area (Å²) >= 11 is 0. The first-order chi connectivity index (χ1) is 15.1. The van der Waals surface area contributed by atoms with Gasteiger partial charge in [0.15, 0.2) is 0 Å². The van der Waals surface area contributed by atoms with Gasteiger partial charge in [-0.3, -0.25) is 9.59 Å². The van der Waals surface area contributed by atoms with Gasteiger partial charge in [0.05, 0.1) is 17.8 Å². The molecule has 0 saturated carbocycles. The number of benzene rings is 2. The van der Waals surface area contributed by atoms with Crippen LogP contribution >= 0.6 is 0 Å². The van der Waals surface area contributed by atoms with E-state index in [1.165, 1.54) is 25.1 Å². The molecule has 3 aromatic rings. The van der Waals surface area contributed by atoms with Crippen LogP contribution in [0, 0.1) is 6.92 Å². The van der Waals surface area contributed by atoms with Gasteiger partial charge in [0, 0.05) is 11.6 Å². The molecular formula is C23H22F3N3O3. The van der Waals surface area contributed by atoms with E-state index < -0.39 is 29.2 Å². The Labute approximate surface area is 182 Å². The highest BCUT2D eigenvalue weighted by Crippen LogP contribution is 2.31. The molecule has 1 aromatic heterocycles. The Morgan fingerprint density at radius 1 is 1.12 bits per heavy atom. The second kappa shape index (κ2) is 9.67. The molecule has 1 N–H and O–H groups in total. The molecule has 0 saturated heterocycles. The number of aryl methyl sites for hydroxylation is 1. The first-order valence-electron chi connectivity index (χ1n) is 9.90. The Balaban J connectivity index is 1.60. The van der Waals surface area contributed by atoms with Gasteiger partial charge in [0.25, 0.3) is 5.56 Å². The molecule has 0 fully saturated rings. The third kappa shape index (κ3) is 5.75. The van der Waals surface area contributed by atoms with Crippen LogP contribution in [0.15, 0.2) is 65.5 Å². The molecule has 1 unspecified atom stereocenters. The summed E-state index contributed by atoms with van der Waals surface area (Å²) < 4.78 is 44.6. The second-order valence-electron chi connectivity index (χ2n) is 7.21. The van der Waals surface area contributed by atoms with Crippen molar-refractivity contribution in [2.24, 2.45) is 0 Å². The van der Waals surface area contributed by atoms with Crippen molar-refractivity contribution in [3.8, 4) is 17.0 Å². The zero-order valence-corrected chi connectivity index (χ0v) is 17.5. The van der Waals surface area contributed by atoms with Gasteiger partial charge in [0.2, 0.25) is 5.91 Å². The van der Waals surface area contributed by atoms with Crippen molar-refractivity contribution < 1.29 is 22.7 Å². The maximum atomic E-state index is 12.8. The van der Waals surface area contributed by atoms with E-state index in [4.69, 9.17) is 4.74 Å². The van der Waals surface area contributed by atoms with E-state index in [0.717, 1.165) is 27.9 Å². The number of nitrogens with one attached hydrogen (secondary N) is 1. The van der Waals surface area contributed by atoms with Crippen LogP contribution in [0.25, 0.3) is 11.3 Å². The molecule has 0 aliphatic carbocycles. The second-order valence-corrected chi connectivity index (χ2v) is 7.21. The van der Waals surface area contributed by atoms with Crippen LogP contribution in [0.2, 0.25) is 0 Å². The van der Waals surface area contributed by atoms with Gasteiger partial charge >= 0.3 is 6.18 Å². The molecule has 3 rings (SSSR count). The SMILES string of the molecule is Cc1ccc(-c2ccc(=O)n(C(C)C(=O)NCCOc3cccc(C(F)(F)F)c3)n2)cc1. The lowest BCUT2D eigenvalue weighted by molar-refractivity contribution is -0.137. The zero-order valence-electron chi connectivity index (χ0n) is 17.5.